The lowest BCUT2D eigenvalue weighted by molar-refractivity contribution is -0.137. The standard InChI is InChI=1S/C13H19NO3/c1-14(2)9-11-8-10(6-7-12(11)15)4-3-5-13(16)17/h6-8,15H,3-5,9H2,1-2H3,(H,16,17). The molecule has 0 radical (unpaired) electrons. The summed E-state index contributed by atoms with van der Waals surface area (Å²) < 4.78 is 0. The molecule has 0 aliphatic heterocycles. The molecule has 1 aromatic rings. The van der Waals surface area contributed by atoms with Crippen LogP contribution in [-0.2, 0) is 17.8 Å². The lowest BCUT2D eigenvalue weighted by Crippen LogP contribution is -2.11. The highest BCUT2D eigenvalue weighted by molar-refractivity contribution is 5.66. The van der Waals surface area contributed by atoms with E-state index in [1.807, 2.05) is 31.1 Å². The van der Waals surface area contributed by atoms with Crippen LogP contribution in [0.3, 0.4) is 0 Å². The van der Waals surface area contributed by atoms with Gasteiger partial charge in [0.05, 0.1) is 0 Å². The minimum Gasteiger partial charge on any atom is -0.508 e. The molecule has 0 aromatic heterocycles. The molecule has 0 saturated heterocycles. The molecule has 0 spiro atoms. The molecule has 0 atom stereocenters. The molecule has 0 unspecified atom stereocenters. The molecule has 0 amide bonds. The molecule has 17 heavy (non-hydrogen) atoms. The second-order valence-electron chi connectivity index (χ2n) is 4.45. The fourth-order valence-electron chi connectivity index (χ4n) is 1.71. The third-order valence-corrected chi connectivity index (χ3v) is 2.49. The van der Waals surface area contributed by atoms with Crippen LogP contribution in [-0.4, -0.2) is 35.2 Å². The van der Waals surface area contributed by atoms with Crippen molar-refractivity contribution in [3.63, 3.8) is 0 Å². The first-order chi connectivity index (χ1) is 7.99. The van der Waals surface area contributed by atoms with Crippen LogP contribution < -0.4 is 0 Å². The molecule has 0 fully saturated rings. The molecular weight excluding hydrogens is 218 g/mol. The molecule has 4 nitrogen and oxygen atoms in total. The maximum Gasteiger partial charge on any atom is 0.303 e. The van der Waals surface area contributed by atoms with Gasteiger partial charge in [0.25, 0.3) is 0 Å². The fraction of sp³-hybridized carbons (Fsp3) is 0.462. The zero-order valence-electron chi connectivity index (χ0n) is 10.3. The van der Waals surface area contributed by atoms with Crippen LogP contribution in [0.15, 0.2) is 18.2 Å². The number of phenols is 1. The molecule has 1 aromatic carbocycles. The lowest BCUT2D eigenvalue weighted by atomic mass is 10.0. The van der Waals surface area contributed by atoms with E-state index >= 15 is 0 Å². The van der Waals surface area contributed by atoms with E-state index in [1.165, 1.54) is 0 Å². The zero-order valence-corrected chi connectivity index (χ0v) is 10.3. The Morgan fingerprint density at radius 2 is 2.06 bits per heavy atom. The predicted octanol–water partition coefficient (Wildman–Crippen LogP) is 1.86. The Kier molecular flexibility index (Phi) is 4.97. The van der Waals surface area contributed by atoms with Crippen molar-refractivity contribution in [1.29, 1.82) is 0 Å². The van der Waals surface area contributed by atoms with Crippen LogP contribution in [0.25, 0.3) is 0 Å². The van der Waals surface area contributed by atoms with Crippen LogP contribution in [0.2, 0.25) is 0 Å². The van der Waals surface area contributed by atoms with Crippen molar-refractivity contribution in [2.75, 3.05) is 14.1 Å². The van der Waals surface area contributed by atoms with Gasteiger partial charge in [-0.3, -0.25) is 4.79 Å². The maximum atomic E-state index is 10.4. The molecule has 4 heteroatoms. The summed E-state index contributed by atoms with van der Waals surface area (Å²) in [5.74, 6) is -0.474. The number of carbonyl (C=O) groups is 1. The van der Waals surface area contributed by atoms with Gasteiger partial charge >= 0.3 is 5.97 Å². The monoisotopic (exact) mass is 237 g/mol. The van der Waals surface area contributed by atoms with Gasteiger partial charge in [-0.15, -0.1) is 0 Å². The number of rotatable bonds is 6. The Balaban J connectivity index is 2.64. The highest BCUT2D eigenvalue weighted by atomic mass is 16.4. The number of aliphatic carboxylic acids is 1. The van der Waals surface area contributed by atoms with E-state index in [9.17, 15) is 9.90 Å². The number of nitrogens with zero attached hydrogens (tertiary/aromatic N) is 1. The van der Waals surface area contributed by atoms with Gasteiger partial charge in [0.1, 0.15) is 5.75 Å². The topological polar surface area (TPSA) is 60.8 Å². The number of carboxylic acid groups (broad SMARTS) is 1. The SMILES string of the molecule is CN(C)Cc1cc(CCCC(=O)O)ccc1O. The van der Waals surface area contributed by atoms with Crippen molar-refractivity contribution in [2.45, 2.75) is 25.8 Å². The molecule has 0 aliphatic carbocycles. The highest BCUT2D eigenvalue weighted by Crippen LogP contribution is 2.20. The van der Waals surface area contributed by atoms with Crippen LogP contribution >= 0.6 is 0 Å². The van der Waals surface area contributed by atoms with Crippen molar-refractivity contribution in [3.05, 3.63) is 29.3 Å². The van der Waals surface area contributed by atoms with Crippen LogP contribution in [0, 0.1) is 0 Å². The molecule has 1 rings (SSSR count). The second kappa shape index (κ2) is 6.25. The fourth-order valence-corrected chi connectivity index (χ4v) is 1.71. The molecule has 0 bridgehead atoms. The van der Waals surface area contributed by atoms with E-state index < -0.39 is 5.97 Å². The predicted molar refractivity (Wildman–Crippen MR) is 66.1 cm³/mol. The van der Waals surface area contributed by atoms with Gasteiger partial charge in [-0.1, -0.05) is 12.1 Å². The Morgan fingerprint density at radius 3 is 2.65 bits per heavy atom. The summed E-state index contributed by atoms with van der Waals surface area (Å²) in [6, 6.07) is 5.46. The first kappa shape index (κ1) is 13.5. The van der Waals surface area contributed by atoms with E-state index in [0.29, 0.717) is 18.7 Å². The molecular formula is C13H19NO3. The van der Waals surface area contributed by atoms with E-state index in [1.54, 1.807) is 6.07 Å². The van der Waals surface area contributed by atoms with Gasteiger partial charge < -0.3 is 15.1 Å². The minimum absolute atomic E-state index is 0.184. The van der Waals surface area contributed by atoms with Crippen LogP contribution in [0.5, 0.6) is 5.75 Å². The van der Waals surface area contributed by atoms with Crippen molar-refractivity contribution >= 4 is 5.97 Å². The van der Waals surface area contributed by atoms with Gasteiger partial charge in [0, 0.05) is 18.5 Å². The van der Waals surface area contributed by atoms with Crippen molar-refractivity contribution in [3.8, 4) is 5.75 Å². The van der Waals surface area contributed by atoms with Gasteiger partial charge in [-0.25, -0.2) is 0 Å². The normalized spacial score (nSPS) is 10.8. The van der Waals surface area contributed by atoms with Crippen molar-refractivity contribution < 1.29 is 15.0 Å². The molecule has 2 N–H and O–H groups in total. The number of hydrogen-bond donors (Lipinski definition) is 2. The quantitative estimate of drug-likeness (QED) is 0.792. The Labute approximate surface area is 101 Å². The molecule has 94 valence electrons. The van der Waals surface area contributed by atoms with Crippen molar-refractivity contribution in [1.82, 2.24) is 4.90 Å². The first-order valence-electron chi connectivity index (χ1n) is 5.66. The summed E-state index contributed by atoms with van der Waals surface area (Å²) in [6.45, 7) is 0.679. The van der Waals surface area contributed by atoms with Crippen LogP contribution in [0.4, 0.5) is 0 Å². The van der Waals surface area contributed by atoms with E-state index in [2.05, 4.69) is 0 Å². The van der Waals surface area contributed by atoms with Crippen LogP contribution in [0.1, 0.15) is 24.0 Å². The summed E-state index contributed by atoms with van der Waals surface area (Å²) in [5.41, 5.74) is 1.95. The lowest BCUT2D eigenvalue weighted by Gasteiger charge is -2.12. The third-order valence-electron chi connectivity index (χ3n) is 2.49. The maximum absolute atomic E-state index is 10.4. The Morgan fingerprint density at radius 1 is 1.35 bits per heavy atom. The van der Waals surface area contributed by atoms with E-state index in [4.69, 9.17) is 5.11 Å². The third kappa shape index (κ3) is 4.87. The van der Waals surface area contributed by atoms with Gasteiger partial charge in [0.2, 0.25) is 0 Å². The summed E-state index contributed by atoms with van der Waals surface area (Å²) in [4.78, 5) is 12.4. The number of aromatic hydroxyl groups is 1. The van der Waals surface area contributed by atoms with Crippen molar-refractivity contribution in [2.24, 2.45) is 0 Å². The first-order valence-corrected chi connectivity index (χ1v) is 5.66. The number of aryl methyl sites for hydroxylation is 1. The number of benzene rings is 1. The molecule has 0 aliphatic rings. The van der Waals surface area contributed by atoms with Gasteiger partial charge in [0.15, 0.2) is 0 Å². The summed E-state index contributed by atoms with van der Waals surface area (Å²) in [5, 5.41) is 18.2. The zero-order chi connectivity index (χ0) is 12.8. The summed E-state index contributed by atoms with van der Waals surface area (Å²) in [7, 11) is 3.88. The average molecular weight is 237 g/mol. The summed E-state index contributed by atoms with van der Waals surface area (Å²) in [6.07, 6.45) is 1.54. The molecule has 0 heterocycles. The number of phenolic OH excluding ortho intramolecular Hbond substituents is 1. The van der Waals surface area contributed by atoms with E-state index in [0.717, 1.165) is 17.5 Å². The number of carboxylic acids is 1. The minimum atomic E-state index is -0.766. The van der Waals surface area contributed by atoms with Gasteiger partial charge in [-0.05, 0) is 38.6 Å². The summed E-state index contributed by atoms with van der Waals surface area (Å²) >= 11 is 0. The highest BCUT2D eigenvalue weighted by Gasteiger charge is 2.05. The largest absolute Gasteiger partial charge is 0.508 e. The Hall–Kier alpha value is -1.55. The number of hydrogen-bond acceptors (Lipinski definition) is 3. The molecule has 0 saturated carbocycles. The van der Waals surface area contributed by atoms with Gasteiger partial charge in [-0.2, -0.15) is 0 Å². The average Bonchev–Trinajstić information content (AvgIpc) is 2.21. The Bertz CT molecular complexity index is 388. The second-order valence-corrected chi connectivity index (χ2v) is 4.45. The van der Waals surface area contributed by atoms with E-state index in [-0.39, 0.29) is 6.42 Å². The smallest absolute Gasteiger partial charge is 0.303 e.